The van der Waals surface area contributed by atoms with E-state index < -0.39 is 16.1 Å². The van der Waals surface area contributed by atoms with Crippen molar-refractivity contribution in [1.29, 1.82) is 0 Å². The van der Waals surface area contributed by atoms with Crippen LogP contribution < -0.4 is 23.8 Å². The predicted molar refractivity (Wildman–Crippen MR) is 150 cm³/mol. The highest BCUT2D eigenvalue weighted by molar-refractivity contribution is 7.92. The molecule has 0 unspecified atom stereocenters. The van der Waals surface area contributed by atoms with Crippen molar-refractivity contribution in [3.05, 3.63) is 48.0 Å². The average Bonchev–Trinajstić information content (AvgIpc) is 2.92. The van der Waals surface area contributed by atoms with Gasteiger partial charge in [0.2, 0.25) is 21.8 Å². The molecule has 3 rings (SSSR count). The summed E-state index contributed by atoms with van der Waals surface area (Å²) in [6.07, 6.45) is 2.22. The van der Waals surface area contributed by atoms with Crippen LogP contribution in [0.5, 0.6) is 17.2 Å². The molecule has 2 aromatic carbocycles. The molecule has 1 aliphatic heterocycles. The highest BCUT2D eigenvalue weighted by Crippen LogP contribution is 2.34. The molecule has 0 radical (unpaired) electrons. The highest BCUT2D eigenvalue weighted by Gasteiger charge is 2.27. The molecular weight excluding hydrogens is 522 g/mol. The van der Waals surface area contributed by atoms with Crippen LogP contribution in [0.15, 0.2) is 42.5 Å². The summed E-state index contributed by atoms with van der Waals surface area (Å²) in [5, 5.41) is 2.95. The summed E-state index contributed by atoms with van der Waals surface area (Å²) >= 11 is 0. The largest absolute Gasteiger partial charge is 0.497 e. The zero-order valence-electron chi connectivity index (χ0n) is 23.3. The molecule has 1 N–H and O–H groups in total. The second-order valence-corrected chi connectivity index (χ2v) is 11.5. The van der Waals surface area contributed by atoms with Crippen LogP contribution >= 0.6 is 0 Å². The zero-order chi connectivity index (χ0) is 28.6. The minimum absolute atomic E-state index is 0.0211. The van der Waals surface area contributed by atoms with Gasteiger partial charge in [-0.2, -0.15) is 0 Å². The first-order chi connectivity index (χ1) is 18.5. The van der Waals surface area contributed by atoms with Crippen LogP contribution in [0.2, 0.25) is 0 Å². The van der Waals surface area contributed by atoms with Gasteiger partial charge in [0.15, 0.2) is 11.5 Å². The highest BCUT2D eigenvalue weighted by atomic mass is 32.2. The number of benzene rings is 2. The zero-order valence-corrected chi connectivity index (χ0v) is 24.1. The fourth-order valence-corrected chi connectivity index (χ4v) is 5.12. The topological polar surface area (TPSA) is 114 Å². The predicted octanol–water partition coefficient (Wildman–Crippen LogP) is 3.34. The smallest absolute Gasteiger partial charge is 0.242 e. The van der Waals surface area contributed by atoms with E-state index in [4.69, 9.17) is 14.2 Å². The molecule has 1 aliphatic rings. The van der Waals surface area contributed by atoms with Crippen LogP contribution in [-0.2, 0) is 26.2 Å². The number of hydrogen-bond acceptors (Lipinski definition) is 7. The lowest BCUT2D eigenvalue weighted by molar-refractivity contribution is -0.140. The molecular formula is C28H39N3O7S. The third kappa shape index (κ3) is 8.26. The van der Waals surface area contributed by atoms with E-state index in [-0.39, 0.29) is 43.8 Å². The number of anilines is 1. The maximum Gasteiger partial charge on any atom is 0.242 e. The van der Waals surface area contributed by atoms with E-state index in [2.05, 4.69) is 5.32 Å². The summed E-state index contributed by atoms with van der Waals surface area (Å²) in [4.78, 5) is 27.9. The standard InChI is InChI=1S/C28H39N3O7S/c1-6-20(2)29-28(33)21(3)30(19-22-9-12-24(36-4)13-10-22)27(32)8-7-15-31(39(5,34)35)23-11-14-25-26(18-23)38-17-16-37-25/h9-14,18,20-21H,6-8,15-17,19H2,1-5H3,(H,29,33)/t20-,21+/m0/s1. The van der Waals surface area contributed by atoms with Crippen LogP contribution in [0.25, 0.3) is 0 Å². The van der Waals surface area contributed by atoms with Gasteiger partial charge in [-0.15, -0.1) is 0 Å². The van der Waals surface area contributed by atoms with Crippen LogP contribution in [0.1, 0.15) is 45.6 Å². The van der Waals surface area contributed by atoms with Crippen molar-refractivity contribution >= 4 is 27.5 Å². The third-order valence-electron chi connectivity index (χ3n) is 6.65. The van der Waals surface area contributed by atoms with Gasteiger partial charge in [0.25, 0.3) is 0 Å². The third-order valence-corrected chi connectivity index (χ3v) is 7.84. The van der Waals surface area contributed by atoms with E-state index in [0.717, 1.165) is 18.2 Å². The number of carbonyl (C=O) groups excluding carboxylic acids is 2. The van der Waals surface area contributed by atoms with Crippen LogP contribution in [-0.4, -0.2) is 70.3 Å². The monoisotopic (exact) mass is 561 g/mol. The van der Waals surface area contributed by atoms with E-state index in [0.29, 0.717) is 36.1 Å². The van der Waals surface area contributed by atoms with Crippen molar-refractivity contribution < 1.29 is 32.2 Å². The minimum atomic E-state index is -3.63. The SMILES string of the molecule is CC[C@H](C)NC(=O)[C@@H](C)N(Cc1ccc(OC)cc1)C(=O)CCCN(c1ccc2c(c1)OCCO2)S(C)(=O)=O. The molecule has 10 nitrogen and oxygen atoms in total. The van der Waals surface area contributed by atoms with Gasteiger partial charge in [0.05, 0.1) is 19.1 Å². The van der Waals surface area contributed by atoms with Crippen LogP contribution in [0.3, 0.4) is 0 Å². The molecule has 0 spiro atoms. The Labute approximate surface area is 231 Å². The van der Waals surface area contributed by atoms with Crippen molar-refractivity contribution in [2.45, 2.75) is 58.7 Å². The summed E-state index contributed by atoms with van der Waals surface area (Å²) in [6.45, 7) is 6.74. The Morgan fingerprint density at radius 1 is 1.05 bits per heavy atom. The Hall–Kier alpha value is -3.47. The molecule has 0 bridgehead atoms. The normalized spacial score (nSPS) is 14.2. The molecule has 0 saturated heterocycles. The van der Waals surface area contributed by atoms with Gasteiger partial charge in [0, 0.05) is 31.6 Å². The van der Waals surface area contributed by atoms with Gasteiger partial charge in [-0.1, -0.05) is 19.1 Å². The molecule has 214 valence electrons. The summed E-state index contributed by atoms with van der Waals surface area (Å²) in [5.74, 6) is 1.26. The molecule has 39 heavy (non-hydrogen) atoms. The Kier molecular flexibility index (Phi) is 10.4. The molecule has 2 aromatic rings. The van der Waals surface area contributed by atoms with Crippen LogP contribution in [0, 0.1) is 0 Å². The molecule has 2 amide bonds. The van der Waals surface area contributed by atoms with E-state index in [1.54, 1.807) is 44.4 Å². The van der Waals surface area contributed by atoms with Crippen molar-refractivity contribution in [1.82, 2.24) is 10.2 Å². The summed E-state index contributed by atoms with van der Waals surface area (Å²) in [5.41, 5.74) is 1.28. The first-order valence-corrected chi connectivity index (χ1v) is 15.0. The van der Waals surface area contributed by atoms with Gasteiger partial charge in [-0.05, 0) is 56.5 Å². The molecule has 0 aliphatic carbocycles. The average molecular weight is 562 g/mol. The first-order valence-electron chi connectivity index (χ1n) is 13.1. The Bertz CT molecular complexity index is 1230. The lowest BCUT2D eigenvalue weighted by atomic mass is 10.1. The van der Waals surface area contributed by atoms with E-state index in [1.165, 1.54) is 9.21 Å². The quantitative estimate of drug-likeness (QED) is 0.399. The van der Waals surface area contributed by atoms with Gasteiger partial charge in [-0.25, -0.2) is 8.42 Å². The van der Waals surface area contributed by atoms with Crippen molar-refractivity contribution in [2.75, 3.05) is 37.4 Å². The van der Waals surface area contributed by atoms with Gasteiger partial charge in [-0.3, -0.25) is 13.9 Å². The second kappa shape index (κ2) is 13.5. The van der Waals surface area contributed by atoms with Crippen LogP contribution in [0.4, 0.5) is 5.69 Å². The number of hydrogen-bond donors (Lipinski definition) is 1. The number of amides is 2. The Morgan fingerprint density at radius 2 is 1.72 bits per heavy atom. The number of ether oxygens (including phenoxy) is 3. The Balaban J connectivity index is 1.74. The summed E-state index contributed by atoms with van der Waals surface area (Å²) < 4.78 is 42.9. The number of nitrogens with zero attached hydrogens (tertiary/aromatic N) is 2. The van der Waals surface area contributed by atoms with Crippen molar-refractivity contribution in [2.24, 2.45) is 0 Å². The minimum Gasteiger partial charge on any atom is -0.497 e. The van der Waals surface area contributed by atoms with Gasteiger partial charge >= 0.3 is 0 Å². The number of carbonyl (C=O) groups is 2. The summed E-state index contributed by atoms with van der Waals surface area (Å²) in [6, 6.07) is 11.6. The fraction of sp³-hybridized carbons (Fsp3) is 0.500. The Morgan fingerprint density at radius 3 is 2.33 bits per heavy atom. The second-order valence-electron chi connectivity index (χ2n) is 9.63. The number of nitrogens with one attached hydrogen (secondary N) is 1. The van der Waals surface area contributed by atoms with Gasteiger partial charge < -0.3 is 24.4 Å². The first kappa shape index (κ1) is 30.1. The number of rotatable bonds is 13. The fourth-order valence-electron chi connectivity index (χ4n) is 4.17. The van der Waals surface area contributed by atoms with Gasteiger partial charge in [0.1, 0.15) is 25.0 Å². The van der Waals surface area contributed by atoms with E-state index in [1.807, 2.05) is 26.0 Å². The number of fused-ring (bicyclic) bond motifs is 1. The molecule has 1 heterocycles. The maximum absolute atomic E-state index is 13.4. The molecule has 0 aromatic heterocycles. The number of sulfonamides is 1. The molecule has 11 heteroatoms. The lowest BCUT2D eigenvalue weighted by Crippen LogP contribution is -2.49. The molecule has 0 fully saturated rings. The summed E-state index contributed by atoms with van der Waals surface area (Å²) in [7, 11) is -2.05. The van der Waals surface area contributed by atoms with E-state index in [9.17, 15) is 18.0 Å². The van der Waals surface area contributed by atoms with Crippen molar-refractivity contribution in [3.63, 3.8) is 0 Å². The number of methoxy groups -OCH3 is 1. The van der Waals surface area contributed by atoms with E-state index >= 15 is 0 Å². The maximum atomic E-state index is 13.4. The molecule has 0 saturated carbocycles. The van der Waals surface area contributed by atoms with Crippen molar-refractivity contribution in [3.8, 4) is 17.2 Å². The lowest BCUT2D eigenvalue weighted by Gasteiger charge is -2.30. The molecule has 2 atom stereocenters.